The summed E-state index contributed by atoms with van der Waals surface area (Å²) in [6.07, 6.45) is 1.79. The van der Waals surface area contributed by atoms with Crippen LogP contribution in [0.5, 0.6) is 0 Å². The lowest BCUT2D eigenvalue weighted by Gasteiger charge is -2.16. The normalized spacial score (nSPS) is 12.0. The zero-order chi connectivity index (χ0) is 25.3. The molecule has 0 radical (unpaired) electrons. The number of esters is 2. The molecule has 0 bridgehead atoms. The first-order valence-corrected chi connectivity index (χ1v) is 11.6. The highest BCUT2D eigenvalue weighted by Crippen LogP contribution is 2.24. The van der Waals surface area contributed by atoms with Gasteiger partial charge in [0.15, 0.2) is 6.04 Å². The summed E-state index contributed by atoms with van der Waals surface area (Å²) in [4.78, 5) is 30.6. The number of methoxy groups -OCH3 is 2. The van der Waals surface area contributed by atoms with Crippen LogP contribution in [0.15, 0.2) is 114 Å². The van der Waals surface area contributed by atoms with E-state index in [9.17, 15) is 9.59 Å². The number of benzene rings is 4. The smallest absolute Gasteiger partial charge is 0.333 e. The van der Waals surface area contributed by atoms with Gasteiger partial charge in [0.2, 0.25) is 0 Å². The SMILES string of the molecule is COC(=O)/C(=C/c1cccc2ccccc12)CC(N=C(c1ccccc1)c1ccccc1)C(=O)OC. The lowest BCUT2D eigenvalue weighted by Crippen LogP contribution is -2.25. The Kier molecular flexibility index (Phi) is 8.04. The van der Waals surface area contributed by atoms with Crippen LogP contribution in [0.2, 0.25) is 0 Å². The zero-order valence-electron chi connectivity index (χ0n) is 20.3. The van der Waals surface area contributed by atoms with Crippen molar-refractivity contribution in [2.75, 3.05) is 14.2 Å². The number of carbonyl (C=O) groups is 2. The maximum atomic E-state index is 12.9. The van der Waals surface area contributed by atoms with E-state index in [0.717, 1.165) is 27.5 Å². The van der Waals surface area contributed by atoms with Gasteiger partial charge < -0.3 is 9.47 Å². The minimum Gasteiger partial charge on any atom is -0.467 e. The van der Waals surface area contributed by atoms with Gasteiger partial charge in [0.1, 0.15) is 0 Å². The van der Waals surface area contributed by atoms with Crippen LogP contribution < -0.4 is 0 Å². The first-order valence-electron chi connectivity index (χ1n) is 11.6. The molecule has 0 aromatic heterocycles. The molecule has 0 spiro atoms. The first-order chi connectivity index (χ1) is 17.6. The number of nitrogens with zero attached hydrogens (tertiary/aromatic N) is 1. The highest BCUT2D eigenvalue weighted by molar-refractivity contribution is 6.13. The average Bonchev–Trinajstić information content (AvgIpc) is 2.94. The van der Waals surface area contributed by atoms with Crippen molar-refractivity contribution in [3.8, 4) is 0 Å². The lowest BCUT2D eigenvalue weighted by molar-refractivity contribution is -0.142. The number of hydrogen-bond donors (Lipinski definition) is 0. The minimum absolute atomic E-state index is 0.0196. The Bertz CT molecular complexity index is 1360. The Morgan fingerprint density at radius 1 is 0.750 bits per heavy atom. The van der Waals surface area contributed by atoms with Gasteiger partial charge in [0, 0.05) is 23.1 Å². The summed E-state index contributed by atoms with van der Waals surface area (Å²) in [5.41, 5.74) is 3.53. The predicted molar refractivity (Wildman–Crippen MR) is 143 cm³/mol. The summed E-state index contributed by atoms with van der Waals surface area (Å²) in [5.74, 6) is -1.06. The molecule has 0 saturated heterocycles. The monoisotopic (exact) mass is 477 g/mol. The molecule has 5 nitrogen and oxygen atoms in total. The van der Waals surface area contributed by atoms with E-state index in [1.807, 2.05) is 103 Å². The molecule has 0 amide bonds. The molecule has 0 saturated carbocycles. The molecule has 0 N–H and O–H groups in total. The molecule has 1 unspecified atom stereocenters. The van der Waals surface area contributed by atoms with Gasteiger partial charge >= 0.3 is 11.9 Å². The quantitative estimate of drug-likeness (QED) is 0.181. The van der Waals surface area contributed by atoms with Gasteiger partial charge in [0.25, 0.3) is 0 Å². The minimum atomic E-state index is -0.953. The van der Waals surface area contributed by atoms with Crippen molar-refractivity contribution >= 4 is 34.5 Å². The zero-order valence-corrected chi connectivity index (χ0v) is 20.3. The van der Waals surface area contributed by atoms with Crippen molar-refractivity contribution < 1.29 is 19.1 Å². The third kappa shape index (κ3) is 5.76. The van der Waals surface area contributed by atoms with Crippen LogP contribution in [0.1, 0.15) is 23.1 Å². The molecule has 180 valence electrons. The van der Waals surface area contributed by atoms with Gasteiger partial charge in [-0.15, -0.1) is 0 Å². The van der Waals surface area contributed by atoms with Crippen molar-refractivity contribution in [3.63, 3.8) is 0 Å². The van der Waals surface area contributed by atoms with Gasteiger partial charge in [-0.25, -0.2) is 9.59 Å². The Hall–Kier alpha value is -4.51. The maximum absolute atomic E-state index is 12.9. The van der Waals surface area contributed by atoms with Gasteiger partial charge in [-0.2, -0.15) is 0 Å². The van der Waals surface area contributed by atoms with E-state index in [4.69, 9.17) is 14.5 Å². The van der Waals surface area contributed by atoms with E-state index in [2.05, 4.69) is 0 Å². The van der Waals surface area contributed by atoms with Crippen LogP contribution in [0.3, 0.4) is 0 Å². The fourth-order valence-electron chi connectivity index (χ4n) is 4.09. The van der Waals surface area contributed by atoms with Gasteiger partial charge in [-0.3, -0.25) is 4.99 Å². The molecule has 36 heavy (non-hydrogen) atoms. The van der Waals surface area contributed by atoms with E-state index in [-0.39, 0.29) is 6.42 Å². The van der Waals surface area contributed by atoms with Crippen molar-refractivity contribution in [2.45, 2.75) is 12.5 Å². The molecule has 0 aliphatic heterocycles. The topological polar surface area (TPSA) is 65.0 Å². The number of ether oxygens (including phenoxy) is 2. The second-order valence-electron chi connectivity index (χ2n) is 8.18. The lowest BCUT2D eigenvalue weighted by atomic mass is 9.98. The largest absolute Gasteiger partial charge is 0.467 e. The third-order valence-corrected chi connectivity index (χ3v) is 5.87. The molecule has 1 atom stereocenters. The Balaban J connectivity index is 1.81. The summed E-state index contributed by atoms with van der Waals surface area (Å²) >= 11 is 0. The highest BCUT2D eigenvalue weighted by Gasteiger charge is 2.25. The molecule has 0 aliphatic carbocycles. The molecular formula is C31H27NO4. The summed E-state index contributed by atoms with van der Waals surface area (Å²) in [5, 5.41) is 2.04. The van der Waals surface area contributed by atoms with Crippen molar-refractivity contribution in [1.82, 2.24) is 0 Å². The van der Waals surface area contributed by atoms with Crippen LogP contribution in [0.4, 0.5) is 0 Å². The maximum Gasteiger partial charge on any atom is 0.333 e. The molecular weight excluding hydrogens is 450 g/mol. The first kappa shape index (κ1) is 24.6. The van der Waals surface area contributed by atoms with Crippen LogP contribution in [0, 0.1) is 0 Å². The van der Waals surface area contributed by atoms with E-state index in [1.54, 1.807) is 6.08 Å². The fourth-order valence-corrected chi connectivity index (χ4v) is 4.09. The Labute approximate surface area is 210 Å². The molecule has 4 rings (SSSR count). The molecule has 0 heterocycles. The third-order valence-electron chi connectivity index (χ3n) is 5.87. The van der Waals surface area contributed by atoms with Gasteiger partial charge in [0.05, 0.1) is 19.9 Å². The van der Waals surface area contributed by atoms with Crippen LogP contribution in [-0.4, -0.2) is 37.9 Å². The molecule has 0 fully saturated rings. The van der Waals surface area contributed by atoms with Gasteiger partial charge in [-0.1, -0.05) is 103 Å². The molecule has 5 heteroatoms. The van der Waals surface area contributed by atoms with Crippen molar-refractivity contribution in [3.05, 3.63) is 125 Å². The molecule has 4 aromatic rings. The van der Waals surface area contributed by atoms with E-state index in [1.165, 1.54) is 14.2 Å². The van der Waals surface area contributed by atoms with Crippen LogP contribution in [0.25, 0.3) is 16.8 Å². The summed E-state index contributed by atoms with van der Waals surface area (Å²) < 4.78 is 10.2. The molecule has 4 aromatic carbocycles. The van der Waals surface area contributed by atoms with E-state index in [0.29, 0.717) is 11.3 Å². The second kappa shape index (κ2) is 11.8. The van der Waals surface area contributed by atoms with E-state index < -0.39 is 18.0 Å². The number of rotatable bonds is 8. The van der Waals surface area contributed by atoms with Crippen LogP contribution in [-0.2, 0) is 19.1 Å². The van der Waals surface area contributed by atoms with E-state index >= 15 is 0 Å². The Morgan fingerprint density at radius 3 is 1.94 bits per heavy atom. The molecule has 0 aliphatic rings. The van der Waals surface area contributed by atoms with Crippen molar-refractivity contribution in [2.24, 2.45) is 4.99 Å². The number of aliphatic imine (C=N–C) groups is 1. The second-order valence-corrected chi connectivity index (χ2v) is 8.18. The van der Waals surface area contributed by atoms with Crippen molar-refractivity contribution in [1.29, 1.82) is 0 Å². The number of carbonyl (C=O) groups excluding carboxylic acids is 2. The highest BCUT2D eigenvalue weighted by atomic mass is 16.5. The average molecular weight is 478 g/mol. The van der Waals surface area contributed by atoms with Gasteiger partial charge in [-0.05, 0) is 22.4 Å². The number of fused-ring (bicyclic) bond motifs is 1. The summed E-state index contributed by atoms with van der Waals surface area (Å²) in [6, 6.07) is 32.1. The standard InChI is InChI=1S/C31H27NO4/c1-35-30(33)26(20-25-18-11-17-22-12-9-10-19-27(22)25)21-28(31(34)36-2)32-29(23-13-5-3-6-14-23)24-15-7-4-8-16-24/h3-20,28H,21H2,1-2H3/b26-20+. The summed E-state index contributed by atoms with van der Waals surface area (Å²) in [6.45, 7) is 0. The predicted octanol–water partition coefficient (Wildman–Crippen LogP) is 5.87. The fraction of sp³-hybridized carbons (Fsp3) is 0.129. The number of hydrogen-bond acceptors (Lipinski definition) is 5. The summed E-state index contributed by atoms with van der Waals surface area (Å²) in [7, 11) is 2.65. The Morgan fingerprint density at radius 2 is 1.33 bits per heavy atom. The van der Waals surface area contributed by atoms with Crippen LogP contribution >= 0.6 is 0 Å².